The molecule has 13 nitrogen and oxygen atoms in total. The van der Waals surface area contributed by atoms with Crippen molar-refractivity contribution in [1.29, 1.82) is 0 Å². The summed E-state index contributed by atoms with van der Waals surface area (Å²) < 4.78 is 31.5. The van der Waals surface area contributed by atoms with Gasteiger partial charge in [0.15, 0.2) is 0 Å². The van der Waals surface area contributed by atoms with Gasteiger partial charge < -0.3 is 31.3 Å². The molecular weight excluding hydrogens is 756 g/mol. The third-order valence-electron chi connectivity index (χ3n) is 9.88. The molecule has 4 rings (SSSR count). The topological polar surface area (TPSA) is 175 Å². The van der Waals surface area contributed by atoms with E-state index in [0.29, 0.717) is 37.1 Å². The van der Waals surface area contributed by atoms with Gasteiger partial charge in [-0.1, -0.05) is 67.9 Å². The summed E-state index contributed by atoms with van der Waals surface area (Å²) in [7, 11) is -2.41. The lowest BCUT2D eigenvalue weighted by molar-refractivity contribution is -0.131. The maximum atomic E-state index is 14.0. The molecule has 1 unspecified atom stereocenters. The summed E-state index contributed by atoms with van der Waals surface area (Å²) in [4.78, 5) is 54.1. The molecule has 1 aliphatic rings. The van der Waals surface area contributed by atoms with Crippen molar-refractivity contribution in [1.82, 2.24) is 26.6 Å². The number of carbonyl (C=O) groups excluding carboxylic acids is 4. The molecule has 0 aliphatic carbocycles. The number of anilines is 1. The zero-order chi connectivity index (χ0) is 41.0. The van der Waals surface area contributed by atoms with Gasteiger partial charge in [-0.3, -0.25) is 23.5 Å². The fourth-order valence-corrected chi connectivity index (χ4v) is 6.94. The highest BCUT2D eigenvalue weighted by atomic mass is 35.5. The summed E-state index contributed by atoms with van der Waals surface area (Å²) >= 11 is 6.16. The maximum absolute atomic E-state index is 14.0. The van der Waals surface area contributed by atoms with E-state index in [1.807, 2.05) is 50.2 Å². The van der Waals surface area contributed by atoms with Crippen molar-refractivity contribution in [3.63, 3.8) is 0 Å². The Morgan fingerprint density at radius 1 is 0.839 bits per heavy atom. The quantitative estimate of drug-likeness (QED) is 0.127. The Kier molecular flexibility index (Phi) is 16.3. The molecule has 1 fully saturated rings. The van der Waals surface area contributed by atoms with Crippen LogP contribution >= 0.6 is 11.6 Å². The molecule has 4 amide bonds. The van der Waals surface area contributed by atoms with Crippen LogP contribution in [0, 0.1) is 11.8 Å². The van der Waals surface area contributed by atoms with E-state index in [0.717, 1.165) is 34.5 Å². The second-order valence-corrected chi connectivity index (χ2v) is 17.2. The summed E-state index contributed by atoms with van der Waals surface area (Å²) in [6.45, 7) is 9.28. The average Bonchev–Trinajstić information content (AvgIpc) is 3.17. The minimum Gasteiger partial charge on any atom is -0.381 e. The number of hydrogen-bond acceptors (Lipinski definition) is 8. The number of carbonyl (C=O) groups is 4. The summed E-state index contributed by atoms with van der Waals surface area (Å²) in [5.74, 6) is -1.49. The summed E-state index contributed by atoms with van der Waals surface area (Å²) in [6.07, 6.45) is 3.18. The van der Waals surface area contributed by atoms with Crippen molar-refractivity contribution in [2.75, 3.05) is 43.9 Å². The number of rotatable bonds is 18. The molecule has 304 valence electrons. The van der Waals surface area contributed by atoms with Crippen LogP contribution in [-0.4, -0.2) is 89.8 Å². The van der Waals surface area contributed by atoms with Crippen LogP contribution in [0.3, 0.4) is 0 Å². The van der Waals surface area contributed by atoms with Gasteiger partial charge in [-0.05, 0) is 86.4 Å². The van der Waals surface area contributed by atoms with Crippen LogP contribution in [0.25, 0.3) is 0 Å². The fourth-order valence-electron chi connectivity index (χ4n) is 6.26. The Hall–Kier alpha value is -4.50. The number of halogens is 1. The van der Waals surface area contributed by atoms with E-state index in [1.165, 1.54) is 25.2 Å². The van der Waals surface area contributed by atoms with E-state index in [9.17, 15) is 27.6 Å². The Morgan fingerprint density at radius 3 is 2.09 bits per heavy atom. The molecule has 56 heavy (non-hydrogen) atoms. The van der Waals surface area contributed by atoms with Gasteiger partial charge in [0.1, 0.15) is 6.04 Å². The molecule has 3 aromatic rings. The molecule has 0 aromatic heterocycles. The average molecular weight is 811 g/mol. The van der Waals surface area contributed by atoms with E-state index in [2.05, 4.69) is 26.6 Å². The number of ether oxygens (including phenoxy) is 1. The number of nitrogens with zero attached hydrogens (tertiary/aromatic N) is 1. The summed E-state index contributed by atoms with van der Waals surface area (Å²) in [5, 5.41) is 15.5. The van der Waals surface area contributed by atoms with Gasteiger partial charge >= 0.3 is 0 Å². The lowest BCUT2D eigenvalue weighted by atomic mass is 9.99. The van der Waals surface area contributed by atoms with E-state index in [4.69, 9.17) is 16.3 Å². The van der Waals surface area contributed by atoms with Crippen molar-refractivity contribution in [3.8, 4) is 0 Å². The molecule has 1 heterocycles. The Bertz CT molecular complexity index is 1920. The molecule has 0 saturated carbocycles. The van der Waals surface area contributed by atoms with Gasteiger partial charge in [0.25, 0.3) is 11.8 Å². The van der Waals surface area contributed by atoms with Crippen LogP contribution in [0.5, 0.6) is 0 Å². The third kappa shape index (κ3) is 13.3. The number of amides is 4. The Morgan fingerprint density at radius 2 is 1.48 bits per heavy atom. The lowest BCUT2D eigenvalue weighted by Crippen LogP contribution is -2.55. The van der Waals surface area contributed by atoms with E-state index < -0.39 is 46.0 Å². The second kappa shape index (κ2) is 20.6. The highest BCUT2D eigenvalue weighted by Gasteiger charge is 2.28. The first kappa shape index (κ1) is 44.2. The Labute approximate surface area is 335 Å². The van der Waals surface area contributed by atoms with Crippen LogP contribution in [0.15, 0.2) is 72.8 Å². The summed E-state index contributed by atoms with van der Waals surface area (Å²) in [6, 6.07) is 18.4. The first-order valence-corrected chi connectivity index (χ1v) is 21.1. The fraction of sp³-hybridized carbons (Fsp3) is 0.463. The van der Waals surface area contributed by atoms with Crippen molar-refractivity contribution < 1.29 is 32.3 Å². The molecule has 4 atom stereocenters. The highest BCUT2D eigenvalue weighted by Crippen LogP contribution is 2.23. The van der Waals surface area contributed by atoms with Gasteiger partial charge in [0.2, 0.25) is 21.8 Å². The van der Waals surface area contributed by atoms with Crippen LogP contribution in [0.1, 0.15) is 78.4 Å². The molecule has 0 spiro atoms. The largest absolute Gasteiger partial charge is 0.381 e. The number of nitrogens with one attached hydrogen (secondary N) is 5. The number of hydrogen-bond donors (Lipinski definition) is 5. The smallest absolute Gasteiger partial charge is 0.251 e. The number of sulfonamides is 1. The van der Waals surface area contributed by atoms with Gasteiger partial charge in [0, 0.05) is 55.5 Å². The first-order chi connectivity index (χ1) is 26.5. The van der Waals surface area contributed by atoms with Gasteiger partial charge in [-0.15, -0.1) is 0 Å². The molecule has 0 radical (unpaired) electrons. The van der Waals surface area contributed by atoms with E-state index >= 15 is 0 Å². The van der Waals surface area contributed by atoms with Crippen LogP contribution in [-0.2, 0) is 30.8 Å². The van der Waals surface area contributed by atoms with Gasteiger partial charge in [-0.2, -0.15) is 0 Å². The van der Waals surface area contributed by atoms with E-state index in [1.54, 1.807) is 32.0 Å². The van der Waals surface area contributed by atoms with Crippen LogP contribution < -0.4 is 30.9 Å². The minimum absolute atomic E-state index is 0.0638. The molecule has 15 heteroatoms. The van der Waals surface area contributed by atoms with Crippen LogP contribution in [0.4, 0.5) is 5.69 Å². The molecule has 1 saturated heterocycles. The second-order valence-electron chi connectivity index (χ2n) is 14.8. The van der Waals surface area contributed by atoms with E-state index in [-0.39, 0.29) is 41.1 Å². The van der Waals surface area contributed by atoms with Gasteiger partial charge in [0.05, 0.1) is 24.0 Å². The lowest BCUT2D eigenvalue weighted by Gasteiger charge is -2.27. The minimum atomic E-state index is -3.75. The summed E-state index contributed by atoms with van der Waals surface area (Å²) in [5.41, 5.74) is 1.96. The van der Waals surface area contributed by atoms with Crippen molar-refractivity contribution in [2.24, 2.45) is 11.8 Å². The van der Waals surface area contributed by atoms with Crippen molar-refractivity contribution in [2.45, 2.75) is 71.1 Å². The predicted molar refractivity (Wildman–Crippen MR) is 219 cm³/mol. The molecule has 0 bridgehead atoms. The zero-order valence-electron chi connectivity index (χ0n) is 32.9. The van der Waals surface area contributed by atoms with Crippen molar-refractivity contribution in [3.05, 3.63) is 100 Å². The SMILES string of the molecule is CC(NC[C@H](Cc1ccccc1)NC(=O)c1cc(C(=O)N[C@H](C)c2cccc(Cl)c2)cc(N(C)S(C)(=O)=O)c1)C(=O)N[C@H](C(=O)NCC1CCOCC1)C(C)C. The Balaban J connectivity index is 1.50. The molecule has 5 N–H and O–H groups in total. The van der Waals surface area contributed by atoms with Crippen molar-refractivity contribution >= 4 is 50.9 Å². The first-order valence-electron chi connectivity index (χ1n) is 18.9. The molecule has 3 aromatic carbocycles. The zero-order valence-corrected chi connectivity index (χ0v) is 34.5. The third-order valence-corrected chi connectivity index (χ3v) is 11.3. The normalized spacial score (nSPS) is 15.6. The molecule has 1 aliphatic heterocycles. The monoisotopic (exact) mass is 810 g/mol. The van der Waals surface area contributed by atoms with Crippen LogP contribution in [0.2, 0.25) is 5.02 Å². The maximum Gasteiger partial charge on any atom is 0.251 e. The standard InChI is InChI=1S/C41H55ClN6O7S/c1-26(2)37(41(52)44-24-30-15-17-55-18-16-30)47-38(49)28(4)43-25-35(19-29-11-8-7-9-12-29)46-40(51)33-20-32(22-36(23-33)48(5)56(6,53)54)39(50)45-27(3)31-13-10-14-34(42)21-31/h7-14,20-23,26-28,30,35,37,43H,15-19,24-25H2,1-6H3,(H,44,52)(H,45,50)(H,46,51)(H,47,49)/t27-,28?,35+,37+/m1/s1. The number of benzene rings is 3. The molecular formula is C41H55ClN6O7S. The van der Waals surface area contributed by atoms with Gasteiger partial charge in [-0.25, -0.2) is 8.42 Å². The highest BCUT2D eigenvalue weighted by molar-refractivity contribution is 7.92. The predicted octanol–water partition coefficient (Wildman–Crippen LogP) is 4.23.